The van der Waals surface area contributed by atoms with Gasteiger partial charge in [-0.25, -0.2) is 0 Å². The minimum atomic E-state index is -0.00222. The zero-order valence-electron chi connectivity index (χ0n) is 9.56. The summed E-state index contributed by atoms with van der Waals surface area (Å²) in [5.41, 5.74) is 3.26. The Morgan fingerprint density at radius 1 is 1.00 bits per heavy atom. The molecule has 3 heteroatoms. The summed E-state index contributed by atoms with van der Waals surface area (Å²) in [4.78, 5) is 14.1. The van der Waals surface area contributed by atoms with Crippen molar-refractivity contribution in [2.75, 3.05) is 4.90 Å². The molecular formula is C15H10INO. The zero-order valence-corrected chi connectivity index (χ0v) is 11.7. The molecule has 0 fully saturated rings. The first-order valence-electron chi connectivity index (χ1n) is 5.57. The Hall–Kier alpha value is -1.62. The third-order valence-electron chi connectivity index (χ3n) is 3.01. The highest BCUT2D eigenvalue weighted by Crippen LogP contribution is 2.35. The van der Waals surface area contributed by atoms with E-state index in [-0.39, 0.29) is 5.91 Å². The second-order valence-electron chi connectivity index (χ2n) is 4.11. The van der Waals surface area contributed by atoms with Gasteiger partial charge in [-0.05, 0) is 46.9 Å². The molecule has 0 saturated heterocycles. The van der Waals surface area contributed by atoms with Crippen molar-refractivity contribution in [1.82, 2.24) is 0 Å². The monoisotopic (exact) mass is 347 g/mol. The van der Waals surface area contributed by atoms with Crippen LogP contribution in [0, 0.1) is 3.57 Å². The largest absolute Gasteiger partial charge is 0.277 e. The van der Waals surface area contributed by atoms with Crippen LogP contribution in [0.15, 0.2) is 55.1 Å². The Morgan fingerprint density at radius 2 is 1.72 bits per heavy atom. The van der Waals surface area contributed by atoms with Gasteiger partial charge in [-0.3, -0.25) is 9.69 Å². The van der Waals surface area contributed by atoms with Crippen LogP contribution in [0.2, 0.25) is 0 Å². The minimum Gasteiger partial charge on any atom is -0.277 e. The smallest absolute Gasteiger partial charge is 0.263 e. The summed E-state index contributed by atoms with van der Waals surface area (Å²) in [5, 5.41) is 0. The van der Waals surface area contributed by atoms with Crippen molar-refractivity contribution in [2.45, 2.75) is 0 Å². The molecule has 0 N–H and O–H groups in total. The van der Waals surface area contributed by atoms with Crippen LogP contribution < -0.4 is 4.90 Å². The number of carbonyl (C=O) groups excluding carboxylic acids is 1. The SMILES string of the molecule is C=C1c2ccccc2C(=O)N1c1cccc(I)c1. The summed E-state index contributed by atoms with van der Waals surface area (Å²) in [6.45, 7) is 4.04. The van der Waals surface area contributed by atoms with E-state index in [9.17, 15) is 4.79 Å². The highest BCUT2D eigenvalue weighted by Gasteiger charge is 2.31. The predicted octanol–water partition coefficient (Wildman–Crippen LogP) is 3.92. The van der Waals surface area contributed by atoms with Gasteiger partial charge in [0.2, 0.25) is 0 Å². The molecule has 1 aliphatic heterocycles. The molecule has 0 aliphatic carbocycles. The molecule has 2 aromatic carbocycles. The Bertz CT molecular complexity index is 628. The van der Waals surface area contributed by atoms with Crippen molar-refractivity contribution in [2.24, 2.45) is 0 Å². The van der Waals surface area contributed by atoms with Gasteiger partial charge in [0.1, 0.15) is 0 Å². The van der Waals surface area contributed by atoms with Gasteiger partial charge in [-0.1, -0.05) is 30.8 Å². The Morgan fingerprint density at radius 3 is 2.39 bits per heavy atom. The molecule has 0 atom stereocenters. The molecular weight excluding hydrogens is 337 g/mol. The van der Waals surface area contributed by atoms with E-state index in [1.807, 2.05) is 48.5 Å². The van der Waals surface area contributed by atoms with Gasteiger partial charge in [0, 0.05) is 14.7 Å². The number of benzene rings is 2. The van der Waals surface area contributed by atoms with Gasteiger partial charge >= 0.3 is 0 Å². The van der Waals surface area contributed by atoms with Crippen molar-refractivity contribution in [3.8, 4) is 0 Å². The summed E-state index contributed by atoms with van der Waals surface area (Å²) in [5.74, 6) is -0.00222. The Balaban J connectivity index is 2.12. The fraction of sp³-hybridized carbons (Fsp3) is 0. The lowest BCUT2D eigenvalue weighted by molar-refractivity contribution is 0.101. The van der Waals surface area contributed by atoms with Gasteiger partial charge in [0.15, 0.2) is 0 Å². The average Bonchev–Trinajstić information content (AvgIpc) is 2.63. The van der Waals surface area contributed by atoms with Crippen LogP contribution >= 0.6 is 22.6 Å². The predicted molar refractivity (Wildman–Crippen MR) is 81.4 cm³/mol. The number of fused-ring (bicyclic) bond motifs is 1. The van der Waals surface area contributed by atoms with E-state index in [0.717, 1.165) is 26.1 Å². The molecule has 0 spiro atoms. The molecule has 18 heavy (non-hydrogen) atoms. The number of anilines is 1. The first-order valence-corrected chi connectivity index (χ1v) is 6.64. The van der Waals surface area contributed by atoms with Crippen molar-refractivity contribution in [3.63, 3.8) is 0 Å². The number of nitrogens with zero attached hydrogens (tertiary/aromatic N) is 1. The lowest BCUT2D eigenvalue weighted by atomic mass is 10.1. The van der Waals surface area contributed by atoms with E-state index in [4.69, 9.17) is 0 Å². The Kier molecular flexibility index (Phi) is 2.70. The molecule has 0 unspecified atom stereocenters. The summed E-state index contributed by atoms with van der Waals surface area (Å²) in [6, 6.07) is 15.4. The fourth-order valence-electron chi connectivity index (χ4n) is 2.17. The van der Waals surface area contributed by atoms with E-state index in [1.54, 1.807) is 4.90 Å². The molecule has 0 saturated carbocycles. The summed E-state index contributed by atoms with van der Waals surface area (Å²) >= 11 is 2.24. The van der Waals surface area contributed by atoms with Crippen LogP contribution in [0.25, 0.3) is 5.70 Å². The average molecular weight is 347 g/mol. The van der Waals surface area contributed by atoms with Crippen LogP contribution in [0.3, 0.4) is 0 Å². The highest BCUT2D eigenvalue weighted by atomic mass is 127. The van der Waals surface area contributed by atoms with Gasteiger partial charge in [-0.2, -0.15) is 0 Å². The highest BCUT2D eigenvalue weighted by molar-refractivity contribution is 14.1. The molecule has 0 radical (unpaired) electrons. The number of amides is 1. The van der Waals surface area contributed by atoms with E-state index in [2.05, 4.69) is 29.2 Å². The summed E-state index contributed by atoms with van der Waals surface area (Å²) < 4.78 is 1.10. The lowest BCUT2D eigenvalue weighted by Crippen LogP contribution is -2.21. The first-order chi connectivity index (χ1) is 8.68. The maximum atomic E-state index is 12.4. The number of hydrogen-bond acceptors (Lipinski definition) is 1. The van der Waals surface area contributed by atoms with E-state index >= 15 is 0 Å². The molecule has 2 nitrogen and oxygen atoms in total. The quantitative estimate of drug-likeness (QED) is 0.716. The van der Waals surface area contributed by atoms with Crippen molar-refractivity contribution >= 4 is 39.9 Å². The van der Waals surface area contributed by atoms with E-state index in [1.165, 1.54) is 0 Å². The maximum Gasteiger partial charge on any atom is 0.263 e. The second-order valence-corrected chi connectivity index (χ2v) is 5.36. The van der Waals surface area contributed by atoms with Gasteiger partial charge in [0.25, 0.3) is 5.91 Å². The molecule has 1 heterocycles. The number of rotatable bonds is 1. The molecule has 0 aromatic heterocycles. The molecule has 3 rings (SSSR count). The van der Waals surface area contributed by atoms with Crippen LogP contribution in [-0.4, -0.2) is 5.91 Å². The van der Waals surface area contributed by atoms with Crippen molar-refractivity contribution < 1.29 is 4.79 Å². The van der Waals surface area contributed by atoms with Crippen molar-refractivity contribution in [3.05, 3.63) is 69.8 Å². The standard InChI is InChI=1S/C15H10INO/c1-10-13-7-2-3-8-14(13)15(18)17(10)12-6-4-5-11(16)9-12/h2-9H,1H2. The molecule has 1 aliphatic rings. The molecule has 1 amide bonds. The number of halogens is 1. The van der Waals surface area contributed by atoms with Crippen LogP contribution in [-0.2, 0) is 0 Å². The molecule has 2 aromatic rings. The minimum absolute atomic E-state index is 0.00222. The molecule has 88 valence electrons. The third kappa shape index (κ3) is 1.66. The zero-order chi connectivity index (χ0) is 12.7. The molecule has 0 bridgehead atoms. The summed E-state index contributed by atoms with van der Waals surface area (Å²) in [6.07, 6.45) is 0. The van der Waals surface area contributed by atoms with Crippen molar-refractivity contribution in [1.29, 1.82) is 0 Å². The van der Waals surface area contributed by atoms with E-state index in [0.29, 0.717) is 0 Å². The summed E-state index contributed by atoms with van der Waals surface area (Å²) in [7, 11) is 0. The lowest BCUT2D eigenvalue weighted by Gasteiger charge is -2.17. The van der Waals surface area contributed by atoms with Crippen LogP contribution in [0.1, 0.15) is 15.9 Å². The van der Waals surface area contributed by atoms with Crippen LogP contribution in [0.5, 0.6) is 0 Å². The first kappa shape index (κ1) is 11.5. The number of carbonyl (C=O) groups is 1. The second kappa shape index (κ2) is 4.24. The maximum absolute atomic E-state index is 12.4. The van der Waals surface area contributed by atoms with Gasteiger partial charge < -0.3 is 0 Å². The fourth-order valence-corrected chi connectivity index (χ4v) is 2.70. The van der Waals surface area contributed by atoms with E-state index < -0.39 is 0 Å². The topological polar surface area (TPSA) is 20.3 Å². The number of hydrogen-bond donors (Lipinski definition) is 0. The van der Waals surface area contributed by atoms with Gasteiger partial charge in [0.05, 0.1) is 11.4 Å². The normalized spacial score (nSPS) is 13.9. The third-order valence-corrected chi connectivity index (χ3v) is 3.68. The van der Waals surface area contributed by atoms with Crippen LogP contribution in [0.4, 0.5) is 5.69 Å². The Labute approximate surface area is 119 Å². The van der Waals surface area contributed by atoms with Gasteiger partial charge in [-0.15, -0.1) is 0 Å².